The van der Waals surface area contributed by atoms with E-state index in [4.69, 9.17) is 9.47 Å². The summed E-state index contributed by atoms with van der Waals surface area (Å²) in [7, 11) is 0. The number of ether oxygens (including phenoxy) is 2. The quantitative estimate of drug-likeness (QED) is 0.900. The molecule has 0 fully saturated rings. The average molecular weight is 273 g/mol. The summed E-state index contributed by atoms with van der Waals surface area (Å²) in [5.74, 6) is 0.874. The fourth-order valence-corrected chi connectivity index (χ4v) is 1.81. The highest BCUT2D eigenvalue weighted by atomic mass is 16.6. The Balaban J connectivity index is 1.79. The van der Waals surface area contributed by atoms with E-state index in [2.05, 4.69) is 9.73 Å². The van der Waals surface area contributed by atoms with Crippen molar-refractivity contribution >= 4 is 11.6 Å². The number of hydrogen-bond acceptors (Lipinski definition) is 5. The predicted octanol–water partition coefficient (Wildman–Crippen LogP) is 1.66. The van der Waals surface area contributed by atoms with Crippen molar-refractivity contribution < 1.29 is 18.7 Å². The largest absolute Gasteiger partial charge is 0.486 e. The van der Waals surface area contributed by atoms with Crippen molar-refractivity contribution in [2.45, 2.75) is 0 Å². The van der Waals surface area contributed by atoms with Crippen LogP contribution in [0.15, 0.2) is 45.8 Å². The Kier molecular flexibility index (Phi) is 3.12. The second-order valence-electron chi connectivity index (χ2n) is 4.16. The molecule has 0 bridgehead atoms. The molecule has 6 heteroatoms. The molecule has 1 aromatic heterocycles. The van der Waals surface area contributed by atoms with Crippen LogP contribution in [0.1, 0.15) is 10.4 Å². The Bertz CT molecular complexity index is 686. The number of rotatable bonds is 2. The van der Waals surface area contributed by atoms with Crippen LogP contribution in [0.2, 0.25) is 0 Å². The second-order valence-corrected chi connectivity index (χ2v) is 4.16. The van der Waals surface area contributed by atoms with Crippen molar-refractivity contribution in [2.24, 2.45) is 0 Å². The van der Waals surface area contributed by atoms with Gasteiger partial charge >= 0.3 is 5.63 Å². The van der Waals surface area contributed by atoms with E-state index in [9.17, 15) is 9.59 Å². The highest BCUT2D eigenvalue weighted by Gasteiger charge is 2.13. The summed E-state index contributed by atoms with van der Waals surface area (Å²) in [5, 5.41) is 2.69. The molecule has 0 saturated heterocycles. The minimum atomic E-state index is -0.499. The Morgan fingerprint density at radius 3 is 2.60 bits per heavy atom. The van der Waals surface area contributed by atoms with Gasteiger partial charge in [0.1, 0.15) is 19.5 Å². The zero-order valence-electron chi connectivity index (χ0n) is 10.4. The molecule has 2 aromatic rings. The molecule has 0 atom stereocenters. The smallest absolute Gasteiger partial charge is 0.335 e. The van der Waals surface area contributed by atoms with Gasteiger partial charge in [0.15, 0.2) is 11.5 Å². The van der Waals surface area contributed by atoms with Crippen LogP contribution in [-0.4, -0.2) is 19.1 Å². The number of carbonyl (C=O) groups is 1. The molecule has 1 N–H and O–H groups in total. The van der Waals surface area contributed by atoms with Gasteiger partial charge in [-0.05, 0) is 18.2 Å². The van der Waals surface area contributed by atoms with E-state index in [1.807, 2.05) is 0 Å². The van der Waals surface area contributed by atoms with Crippen LogP contribution in [0.3, 0.4) is 0 Å². The van der Waals surface area contributed by atoms with Crippen LogP contribution in [0.4, 0.5) is 5.69 Å². The number of amides is 1. The van der Waals surface area contributed by atoms with E-state index >= 15 is 0 Å². The van der Waals surface area contributed by atoms with Crippen LogP contribution in [0, 0.1) is 0 Å². The van der Waals surface area contributed by atoms with Gasteiger partial charge in [0.2, 0.25) is 0 Å². The highest BCUT2D eigenvalue weighted by molar-refractivity contribution is 6.04. The monoisotopic (exact) mass is 273 g/mol. The van der Waals surface area contributed by atoms with Crippen LogP contribution in [-0.2, 0) is 0 Å². The van der Waals surface area contributed by atoms with Crippen molar-refractivity contribution in [3.63, 3.8) is 0 Å². The number of hydrogen-bond donors (Lipinski definition) is 1. The zero-order chi connectivity index (χ0) is 13.9. The normalized spacial score (nSPS) is 12.8. The molecule has 0 radical (unpaired) electrons. The fraction of sp³-hybridized carbons (Fsp3) is 0.143. The Morgan fingerprint density at radius 1 is 1.05 bits per heavy atom. The fourth-order valence-electron chi connectivity index (χ4n) is 1.81. The van der Waals surface area contributed by atoms with Crippen LogP contribution < -0.4 is 20.4 Å². The maximum Gasteiger partial charge on any atom is 0.335 e. The molecular formula is C14H11NO5. The lowest BCUT2D eigenvalue weighted by Gasteiger charge is -2.18. The van der Waals surface area contributed by atoms with Gasteiger partial charge in [-0.2, -0.15) is 0 Å². The van der Waals surface area contributed by atoms with E-state index in [1.165, 1.54) is 12.1 Å². The maximum absolute atomic E-state index is 11.9. The lowest BCUT2D eigenvalue weighted by molar-refractivity contribution is 0.102. The lowest BCUT2D eigenvalue weighted by atomic mass is 10.2. The van der Waals surface area contributed by atoms with E-state index < -0.39 is 5.63 Å². The van der Waals surface area contributed by atoms with Gasteiger partial charge < -0.3 is 19.2 Å². The minimum Gasteiger partial charge on any atom is -0.486 e. The standard InChI is InChI=1S/C14H11NO5/c16-13-4-1-9(8-20-13)14(17)15-10-2-3-11-12(7-10)19-6-5-18-11/h1-4,7-8H,5-6H2,(H,15,17). The van der Waals surface area contributed by atoms with Crippen molar-refractivity contribution in [3.8, 4) is 11.5 Å². The first-order chi connectivity index (χ1) is 9.72. The van der Waals surface area contributed by atoms with Crippen LogP contribution >= 0.6 is 0 Å². The summed E-state index contributed by atoms with van der Waals surface area (Å²) in [6.07, 6.45) is 1.12. The molecule has 1 aliphatic heterocycles. The molecule has 3 rings (SSSR count). The van der Waals surface area contributed by atoms with Gasteiger partial charge in [-0.25, -0.2) is 4.79 Å². The van der Waals surface area contributed by atoms with Gasteiger partial charge in [-0.1, -0.05) is 0 Å². The summed E-state index contributed by atoms with van der Waals surface area (Å²) >= 11 is 0. The van der Waals surface area contributed by atoms with Crippen molar-refractivity contribution in [1.82, 2.24) is 0 Å². The summed E-state index contributed by atoms with van der Waals surface area (Å²) in [6.45, 7) is 0.996. The summed E-state index contributed by atoms with van der Waals surface area (Å²) < 4.78 is 15.5. The maximum atomic E-state index is 11.9. The minimum absolute atomic E-state index is 0.263. The Morgan fingerprint density at radius 2 is 1.85 bits per heavy atom. The third-order valence-electron chi connectivity index (χ3n) is 2.76. The van der Waals surface area contributed by atoms with E-state index in [1.54, 1.807) is 18.2 Å². The number of benzene rings is 1. The summed E-state index contributed by atoms with van der Waals surface area (Å²) in [6, 6.07) is 7.73. The molecule has 1 aromatic carbocycles. The third kappa shape index (κ3) is 2.49. The Hall–Kier alpha value is -2.76. The zero-order valence-corrected chi connectivity index (χ0v) is 10.4. The van der Waals surface area contributed by atoms with Gasteiger partial charge in [0.05, 0.1) is 5.56 Å². The first-order valence-electron chi connectivity index (χ1n) is 6.02. The molecule has 102 valence electrons. The van der Waals surface area contributed by atoms with Crippen molar-refractivity contribution in [1.29, 1.82) is 0 Å². The molecule has 1 amide bonds. The number of anilines is 1. The summed E-state index contributed by atoms with van der Waals surface area (Å²) in [4.78, 5) is 22.8. The average Bonchev–Trinajstić information content (AvgIpc) is 2.48. The Labute approximate surface area is 113 Å². The number of fused-ring (bicyclic) bond motifs is 1. The molecule has 20 heavy (non-hydrogen) atoms. The molecule has 0 spiro atoms. The first-order valence-corrected chi connectivity index (χ1v) is 6.02. The van der Waals surface area contributed by atoms with Gasteiger partial charge in [-0.15, -0.1) is 0 Å². The van der Waals surface area contributed by atoms with Crippen molar-refractivity contribution in [2.75, 3.05) is 18.5 Å². The van der Waals surface area contributed by atoms with E-state index in [-0.39, 0.29) is 11.5 Å². The van der Waals surface area contributed by atoms with Gasteiger partial charge in [0.25, 0.3) is 5.91 Å². The SMILES string of the molecule is O=C(Nc1ccc2c(c1)OCCO2)c1ccc(=O)oc1. The van der Waals surface area contributed by atoms with Crippen LogP contribution in [0.25, 0.3) is 0 Å². The molecule has 0 unspecified atom stereocenters. The molecule has 6 nitrogen and oxygen atoms in total. The van der Waals surface area contributed by atoms with Crippen LogP contribution in [0.5, 0.6) is 11.5 Å². The van der Waals surface area contributed by atoms with Crippen molar-refractivity contribution in [3.05, 3.63) is 52.6 Å². The van der Waals surface area contributed by atoms with E-state index in [0.29, 0.717) is 30.4 Å². The second kappa shape index (κ2) is 5.08. The van der Waals surface area contributed by atoms with Gasteiger partial charge in [-0.3, -0.25) is 4.79 Å². The molecule has 1 aliphatic rings. The van der Waals surface area contributed by atoms with E-state index in [0.717, 1.165) is 6.26 Å². The highest BCUT2D eigenvalue weighted by Crippen LogP contribution is 2.32. The lowest BCUT2D eigenvalue weighted by Crippen LogP contribution is -2.16. The molecule has 0 saturated carbocycles. The third-order valence-corrected chi connectivity index (χ3v) is 2.76. The molecular weight excluding hydrogens is 262 g/mol. The van der Waals surface area contributed by atoms with Gasteiger partial charge in [0, 0.05) is 17.8 Å². The summed E-state index contributed by atoms with van der Waals surface area (Å²) in [5.41, 5.74) is 0.339. The first kappa shape index (κ1) is 12.3. The number of carbonyl (C=O) groups excluding carboxylic acids is 1. The molecule has 2 heterocycles. The number of nitrogens with one attached hydrogen (secondary N) is 1. The predicted molar refractivity (Wildman–Crippen MR) is 70.4 cm³/mol. The topological polar surface area (TPSA) is 77.8 Å². The molecule has 0 aliphatic carbocycles.